The lowest BCUT2D eigenvalue weighted by atomic mass is 10.0. The first-order chi connectivity index (χ1) is 6.70. The van der Waals surface area contributed by atoms with Gasteiger partial charge in [-0.3, -0.25) is 0 Å². The minimum Gasteiger partial charge on any atom is -0.493 e. The fourth-order valence-electron chi connectivity index (χ4n) is 1.24. The summed E-state index contributed by atoms with van der Waals surface area (Å²) in [5.74, 6) is -0.339. The van der Waals surface area contributed by atoms with Crippen molar-refractivity contribution in [3.8, 4) is 11.8 Å². The highest BCUT2D eigenvalue weighted by Crippen LogP contribution is 2.27. The third-order valence-electron chi connectivity index (χ3n) is 1.91. The van der Waals surface area contributed by atoms with Gasteiger partial charge < -0.3 is 10.5 Å². The average Bonchev–Trinajstić information content (AvgIpc) is 2.17. The fraction of sp³-hybridized carbons (Fsp3) is 0.300. The first kappa shape index (κ1) is 10.5. The summed E-state index contributed by atoms with van der Waals surface area (Å²) >= 11 is 0. The second-order valence-electron chi connectivity index (χ2n) is 2.83. The van der Waals surface area contributed by atoms with Crippen LogP contribution in [0, 0.1) is 17.1 Å². The molecule has 0 unspecified atom stereocenters. The van der Waals surface area contributed by atoms with Crippen molar-refractivity contribution in [1.29, 1.82) is 5.26 Å². The summed E-state index contributed by atoms with van der Waals surface area (Å²) in [6.07, 6.45) is 0.139. The van der Waals surface area contributed by atoms with Gasteiger partial charge in [0.25, 0.3) is 0 Å². The zero-order valence-corrected chi connectivity index (χ0v) is 7.83. The third-order valence-corrected chi connectivity index (χ3v) is 1.91. The molecule has 14 heavy (non-hydrogen) atoms. The van der Waals surface area contributed by atoms with Gasteiger partial charge in [-0.15, -0.1) is 0 Å². The van der Waals surface area contributed by atoms with Crippen LogP contribution >= 0.6 is 0 Å². The molecule has 0 bridgehead atoms. The molecule has 1 aromatic carbocycles. The standard InChI is InChI=1S/C10H11FN2O/c1-14-10-7(9(13)5-6-12)3-2-4-8(10)11/h2-4,9H,5,13H2,1H3/t9-/m1/s1. The van der Waals surface area contributed by atoms with E-state index in [1.165, 1.54) is 13.2 Å². The Morgan fingerprint density at radius 2 is 2.36 bits per heavy atom. The van der Waals surface area contributed by atoms with Crippen molar-refractivity contribution in [3.63, 3.8) is 0 Å². The molecule has 0 saturated heterocycles. The minimum absolute atomic E-state index is 0.121. The fourth-order valence-corrected chi connectivity index (χ4v) is 1.24. The Balaban J connectivity index is 3.08. The molecule has 0 aliphatic heterocycles. The monoisotopic (exact) mass is 194 g/mol. The Morgan fingerprint density at radius 3 is 2.93 bits per heavy atom. The third kappa shape index (κ3) is 2.01. The number of nitrogens with zero attached hydrogens (tertiary/aromatic N) is 1. The van der Waals surface area contributed by atoms with Crippen LogP contribution in [0.5, 0.6) is 5.75 Å². The number of nitrogens with two attached hydrogens (primary N) is 1. The number of benzene rings is 1. The van der Waals surface area contributed by atoms with Gasteiger partial charge in [-0.25, -0.2) is 4.39 Å². The Labute approximate surface area is 81.9 Å². The number of ether oxygens (including phenoxy) is 1. The topological polar surface area (TPSA) is 59.0 Å². The zero-order chi connectivity index (χ0) is 10.6. The molecule has 0 spiro atoms. The summed E-state index contributed by atoms with van der Waals surface area (Å²) < 4.78 is 18.1. The van der Waals surface area contributed by atoms with Crippen molar-refractivity contribution >= 4 is 0 Å². The van der Waals surface area contributed by atoms with E-state index < -0.39 is 11.9 Å². The molecule has 1 atom stereocenters. The second kappa shape index (κ2) is 4.58. The lowest BCUT2D eigenvalue weighted by Crippen LogP contribution is -2.11. The molecule has 0 aromatic heterocycles. The highest BCUT2D eigenvalue weighted by molar-refractivity contribution is 5.37. The van der Waals surface area contributed by atoms with Crippen LogP contribution in [0.2, 0.25) is 0 Å². The van der Waals surface area contributed by atoms with E-state index in [2.05, 4.69) is 0 Å². The van der Waals surface area contributed by atoms with Crippen molar-refractivity contribution in [2.24, 2.45) is 5.73 Å². The molecule has 1 rings (SSSR count). The first-order valence-electron chi connectivity index (χ1n) is 4.15. The van der Waals surface area contributed by atoms with E-state index >= 15 is 0 Å². The van der Waals surface area contributed by atoms with Gasteiger partial charge in [-0.2, -0.15) is 5.26 Å². The maximum absolute atomic E-state index is 13.2. The molecular weight excluding hydrogens is 183 g/mol. The normalized spacial score (nSPS) is 11.9. The average molecular weight is 194 g/mol. The van der Waals surface area contributed by atoms with Crippen molar-refractivity contribution in [2.45, 2.75) is 12.5 Å². The lowest BCUT2D eigenvalue weighted by molar-refractivity contribution is 0.378. The summed E-state index contributed by atoms with van der Waals surface area (Å²) in [6, 6.07) is 5.92. The Morgan fingerprint density at radius 1 is 1.64 bits per heavy atom. The van der Waals surface area contributed by atoms with E-state index in [1.54, 1.807) is 12.1 Å². The molecule has 0 amide bonds. The molecule has 74 valence electrons. The van der Waals surface area contributed by atoms with Crippen LogP contribution in [-0.4, -0.2) is 7.11 Å². The molecule has 0 fully saturated rings. The van der Waals surface area contributed by atoms with Crippen molar-refractivity contribution in [3.05, 3.63) is 29.6 Å². The molecule has 0 aliphatic rings. The number of hydrogen-bond acceptors (Lipinski definition) is 3. The van der Waals surface area contributed by atoms with E-state index in [0.29, 0.717) is 5.56 Å². The van der Waals surface area contributed by atoms with Gasteiger partial charge >= 0.3 is 0 Å². The van der Waals surface area contributed by atoms with Crippen LogP contribution in [0.1, 0.15) is 18.0 Å². The van der Waals surface area contributed by atoms with Crippen LogP contribution in [0.15, 0.2) is 18.2 Å². The maximum atomic E-state index is 13.2. The van der Waals surface area contributed by atoms with Gasteiger partial charge in [0, 0.05) is 11.6 Å². The van der Waals surface area contributed by atoms with E-state index in [-0.39, 0.29) is 12.2 Å². The van der Waals surface area contributed by atoms with Crippen LogP contribution in [-0.2, 0) is 0 Å². The van der Waals surface area contributed by atoms with Gasteiger partial charge in [0.1, 0.15) is 0 Å². The smallest absolute Gasteiger partial charge is 0.165 e. The van der Waals surface area contributed by atoms with Crippen LogP contribution in [0.4, 0.5) is 4.39 Å². The van der Waals surface area contributed by atoms with Gasteiger partial charge in [0.15, 0.2) is 11.6 Å². The van der Waals surface area contributed by atoms with E-state index in [0.717, 1.165) is 0 Å². The van der Waals surface area contributed by atoms with E-state index in [1.807, 2.05) is 6.07 Å². The van der Waals surface area contributed by atoms with Gasteiger partial charge in [-0.1, -0.05) is 12.1 Å². The molecule has 2 N–H and O–H groups in total. The molecular formula is C10H11FN2O. The van der Waals surface area contributed by atoms with Gasteiger partial charge in [0.05, 0.1) is 19.6 Å². The summed E-state index contributed by atoms with van der Waals surface area (Å²) in [6.45, 7) is 0. The Kier molecular flexibility index (Phi) is 3.43. The molecule has 0 aliphatic carbocycles. The zero-order valence-electron chi connectivity index (χ0n) is 7.83. The van der Waals surface area contributed by atoms with Crippen molar-refractivity contribution in [1.82, 2.24) is 0 Å². The Hall–Kier alpha value is -1.60. The maximum Gasteiger partial charge on any atom is 0.165 e. The van der Waals surface area contributed by atoms with E-state index in [4.69, 9.17) is 15.7 Å². The molecule has 3 nitrogen and oxygen atoms in total. The molecule has 0 saturated carbocycles. The number of nitriles is 1. The number of methoxy groups -OCH3 is 1. The predicted octanol–water partition coefficient (Wildman–Crippen LogP) is 1.75. The SMILES string of the molecule is COc1c(F)cccc1[C@H](N)CC#N. The summed E-state index contributed by atoms with van der Waals surface area (Å²) in [5, 5.41) is 8.47. The van der Waals surface area contributed by atoms with Crippen LogP contribution in [0.3, 0.4) is 0 Å². The second-order valence-corrected chi connectivity index (χ2v) is 2.83. The highest BCUT2D eigenvalue weighted by Gasteiger charge is 2.14. The number of hydrogen-bond donors (Lipinski definition) is 1. The molecule has 0 heterocycles. The number of rotatable bonds is 3. The van der Waals surface area contributed by atoms with E-state index in [9.17, 15) is 4.39 Å². The van der Waals surface area contributed by atoms with Crippen molar-refractivity contribution < 1.29 is 9.13 Å². The van der Waals surface area contributed by atoms with Crippen LogP contribution in [0.25, 0.3) is 0 Å². The quantitative estimate of drug-likeness (QED) is 0.797. The van der Waals surface area contributed by atoms with Crippen LogP contribution < -0.4 is 10.5 Å². The number of halogens is 1. The van der Waals surface area contributed by atoms with Crippen molar-refractivity contribution in [2.75, 3.05) is 7.11 Å². The summed E-state index contributed by atoms with van der Waals surface area (Å²) in [4.78, 5) is 0. The molecule has 0 radical (unpaired) electrons. The summed E-state index contributed by atoms with van der Waals surface area (Å²) in [5.41, 5.74) is 6.20. The summed E-state index contributed by atoms with van der Waals surface area (Å²) in [7, 11) is 1.38. The first-order valence-corrected chi connectivity index (χ1v) is 4.15. The predicted molar refractivity (Wildman–Crippen MR) is 50.1 cm³/mol. The molecule has 4 heteroatoms. The number of para-hydroxylation sites is 1. The molecule has 1 aromatic rings. The minimum atomic E-state index is -0.509. The highest BCUT2D eigenvalue weighted by atomic mass is 19.1. The van der Waals surface area contributed by atoms with Gasteiger partial charge in [-0.05, 0) is 6.07 Å². The largest absolute Gasteiger partial charge is 0.493 e. The lowest BCUT2D eigenvalue weighted by Gasteiger charge is -2.13. The van der Waals surface area contributed by atoms with Gasteiger partial charge in [0.2, 0.25) is 0 Å². The Bertz CT molecular complexity index is 360.